The van der Waals surface area contributed by atoms with E-state index in [9.17, 15) is 9.90 Å². The summed E-state index contributed by atoms with van der Waals surface area (Å²) in [5.74, 6) is 1.27. The number of nitrogens with one attached hydrogen (secondary N) is 2. The number of urea groups is 1. The molecule has 0 aliphatic rings. The largest absolute Gasteiger partial charge is 0.493 e. The summed E-state index contributed by atoms with van der Waals surface area (Å²) in [6, 6.07) is 18.6. The van der Waals surface area contributed by atoms with Crippen molar-refractivity contribution in [3.63, 3.8) is 0 Å². The van der Waals surface area contributed by atoms with Gasteiger partial charge in [-0.1, -0.05) is 36.4 Å². The average molecular weight is 413 g/mol. The van der Waals surface area contributed by atoms with Crippen LogP contribution in [0.3, 0.4) is 0 Å². The molecule has 3 rings (SSSR count). The Labute approximate surface area is 174 Å². The van der Waals surface area contributed by atoms with Crippen LogP contribution < -0.4 is 20.1 Å². The second-order valence-corrected chi connectivity index (χ2v) is 7.54. The number of rotatable bonds is 8. The fraction of sp³-hybridized carbons (Fsp3) is 0.227. The summed E-state index contributed by atoms with van der Waals surface area (Å²) in [5, 5.41) is 16.1. The number of hydrogen-bond donors (Lipinski definition) is 3. The highest BCUT2D eigenvalue weighted by Crippen LogP contribution is 2.29. The Kier molecular flexibility index (Phi) is 7.10. The van der Waals surface area contributed by atoms with E-state index < -0.39 is 6.10 Å². The van der Waals surface area contributed by atoms with Gasteiger partial charge in [0, 0.05) is 16.3 Å². The molecule has 0 aliphatic heterocycles. The van der Waals surface area contributed by atoms with E-state index in [0.717, 1.165) is 20.9 Å². The zero-order valence-corrected chi connectivity index (χ0v) is 17.2. The standard InChI is InChI=1S/C22H24N2O4S/c1-27-18-10-8-15(12-19(18)28-2)13-23-22(26)24-14-17-9-11-20(29-17)21(25)16-6-4-3-5-7-16/h3-12,21,25H,13-14H2,1-2H3,(H2,23,24,26). The summed E-state index contributed by atoms with van der Waals surface area (Å²) in [4.78, 5) is 13.9. The van der Waals surface area contributed by atoms with Crippen LogP contribution in [0, 0.1) is 0 Å². The predicted molar refractivity (Wildman–Crippen MR) is 113 cm³/mol. The van der Waals surface area contributed by atoms with E-state index in [1.54, 1.807) is 20.3 Å². The molecule has 3 N–H and O–H groups in total. The highest BCUT2D eigenvalue weighted by Gasteiger charge is 2.13. The molecular weight excluding hydrogens is 388 g/mol. The fourth-order valence-electron chi connectivity index (χ4n) is 2.84. The highest BCUT2D eigenvalue weighted by molar-refractivity contribution is 7.12. The number of ether oxygens (including phenoxy) is 2. The normalized spacial score (nSPS) is 11.6. The van der Waals surface area contributed by atoms with Gasteiger partial charge in [0.05, 0.1) is 20.8 Å². The molecule has 7 heteroatoms. The Morgan fingerprint density at radius 2 is 1.69 bits per heavy atom. The first-order chi connectivity index (χ1) is 14.1. The monoisotopic (exact) mass is 412 g/mol. The van der Waals surface area contributed by atoms with Gasteiger partial charge >= 0.3 is 6.03 Å². The lowest BCUT2D eigenvalue weighted by molar-refractivity contribution is 0.224. The van der Waals surface area contributed by atoms with E-state index in [2.05, 4.69) is 10.6 Å². The van der Waals surface area contributed by atoms with Gasteiger partial charge in [-0.05, 0) is 35.4 Å². The number of aliphatic hydroxyl groups is 1. The van der Waals surface area contributed by atoms with Gasteiger partial charge in [-0.25, -0.2) is 4.79 Å². The van der Waals surface area contributed by atoms with Crippen LogP contribution in [-0.4, -0.2) is 25.4 Å². The van der Waals surface area contributed by atoms with E-state index in [4.69, 9.17) is 9.47 Å². The number of carbonyl (C=O) groups is 1. The third-order valence-corrected chi connectivity index (χ3v) is 5.53. The lowest BCUT2D eigenvalue weighted by Gasteiger charge is -2.11. The molecule has 0 radical (unpaired) electrons. The molecule has 1 unspecified atom stereocenters. The van der Waals surface area contributed by atoms with Gasteiger partial charge in [-0.3, -0.25) is 0 Å². The number of hydrogen-bond acceptors (Lipinski definition) is 5. The van der Waals surface area contributed by atoms with Crippen molar-refractivity contribution in [2.45, 2.75) is 19.2 Å². The van der Waals surface area contributed by atoms with Gasteiger partial charge < -0.3 is 25.2 Å². The second-order valence-electron chi connectivity index (χ2n) is 6.34. The number of methoxy groups -OCH3 is 2. The second kappa shape index (κ2) is 9.95. The van der Waals surface area contributed by atoms with Crippen molar-refractivity contribution in [3.8, 4) is 11.5 Å². The van der Waals surface area contributed by atoms with Crippen molar-refractivity contribution in [2.24, 2.45) is 0 Å². The molecular formula is C22H24N2O4S. The van der Waals surface area contributed by atoms with Crippen LogP contribution in [0.15, 0.2) is 60.7 Å². The van der Waals surface area contributed by atoms with Crippen molar-refractivity contribution in [1.29, 1.82) is 0 Å². The molecule has 0 saturated carbocycles. The van der Waals surface area contributed by atoms with Gasteiger partial charge in [-0.2, -0.15) is 0 Å². The quantitative estimate of drug-likeness (QED) is 0.525. The topological polar surface area (TPSA) is 79.8 Å². The smallest absolute Gasteiger partial charge is 0.315 e. The maximum absolute atomic E-state index is 12.1. The van der Waals surface area contributed by atoms with Crippen molar-refractivity contribution in [1.82, 2.24) is 10.6 Å². The Morgan fingerprint density at radius 1 is 0.966 bits per heavy atom. The summed E-state index contributed by atoms with van der Waals surface area (Å²) in [7, 11) is 3.16. The van der Waals surface area contributed by atoms with Crippen LogP contribution in [0.25, 0.3) is 0 Å². The lowest BCUT2D eigenvalue weighted by atomic mass is 10.1. The molecule has 29 heavy (non-hydrogen) atoms. The third kappa shape index (κ3) is 5.49. The molecule has 1 atom stereocenters. The molecule has 0 aliphatic carbocycles. The van der Waals surface area contributed by atoms with E-state index in [1.807, 2.05) is 54.6 Å². The minimum Gasteiger partial charge on any atom is -0.493 e. The molecule has 0 fully saturated rings. The molecule has 1 heterocycles. The molecule has 1 aromatic heterocycles. The molecule has 0 saturated heterocycles. The first kappa shape index (κ1) is 20.7. The van der Waals surface area contributed by atoms with Crippen molar-refractivity contribution >= 4 is 17.4 Å². The first-order valence-electron chi connectivity index (χ1n) is 9.15. The molecule has 6 nitrogen and oxygen atoms in total. The minimum absolute atomic E-state index is 0.265. The van der Waals surface area contributed by atoms with Gasteiger partial charge in [0.2, 0.25) is 0 Å². The molecule has 0 spiro atoms. The summed E-state index contributed by atoms with van der Waals surface area (Å²) in [6.07, 6.45) is -0.658. The van der Waals surface area contributed by atoms with E-state index in [0.29, 0.717) is 24.6 Å². The SMILES string of the molecule is COc1ccc(CNC(=O)NCc2ccc(C(O)c3ccccc3)s2)cc1OC. The maximum atomic E-state index is 12.1. The molecule has 3 aromatic rings. The predicted octanol–water partition coefficient (Wildman–Crippen LogP) is 3.85. The van der Waals surface area contributed by atoms with E-state index >= 15 is 0 Å². The zero-order valence-electron chi connectivity index (χ0n) is 16.3. The van der Waals surface area contributed by atoms with Gasteiger partial charge in [-0.15, -0.1) is 11.3 Å². The van der Waals surface area contributed by atoms with Crippen LogP contribution in [0.4, 0.5) is 4.79 Å². The summed E-state index contributed by atoms with van der Waals surface area (Å²) in [5.41, 5.74) is 1.75. The molecule has 2 aromatic carbocycles. The van der Waals surface area contributed by atoms with E-state index in [1.165, 1.54) is 11.3 Å². The van der Waals surface area contributed by atoms with Crippen LogP contribution in [0.2, 0.25) is 0 Å². The summed E-state index contributed by atoms with van der Waals surface area (Å²) in [6.45, 7) is 0.762. The maximum Gasteiger partial charge on any atom is 0.315 e. The highest BCUT2D eigenvalue weighted by atomic mass is 32.1. The lowest BCUT2D eigenvalue weighted by Crippen LogP contribution is -2.34. The summed E-state index contributed by atoms with van der Waals surface area (Å²) >= 11 is 1.48. The Morgan fingerprint density at radius 3 is 2.41 bits per heavy atom. The van der Waals surface area contributed by atoms with Gasteiger partial charge in [0.25, 0.3) is 0 Å². The zero-order chi connectivity index (χ0) is 20.6. The number of aliphatic hydroxyl groups excluding tert-OH is 1. The molecule has 0 bridgehead atoms. The summed E-state index contributed by atoms with van der Waals surface area (Å²) < 4.78 is 10.5. The van der Waals surface area contributed by atoms with Crippen LogP contribution in [-0.2, 0) is 13.1 Å². The van der Waals surface area contributed by atoms with E-state index in [-0.39, 0.29) is 6.03 Å². The minimum atomic E-state index is -0.658. The number of thiophene rings is 1. The molecule has 2 amide bonds. The van der Waals surface area contributed by atoms with Crippen LogP contribution in [0.5, 0.6) is 11.5 Å². The first-order valence-corrected chi connectivity index (χ1v) is 9.96. The Hall–Kier alpha value is -3.03. The number of carbonyl (C=O) groups excluding carboxylic acids is 1. The van der Waals surface area contributed by atoms with Crippen molar-refractivity contribution in [2.75, 3.05) is 14.2 Å². The Balaban J connectivity index is 1.49. The number of amides is 2. The molecule has 152 valence electrons. The third-order valence-electron chi connectivity index (χ3n) is 4.39. The van der Waals surface area contributed by atoms with Gasteiger partial charge in [0.1, 0.15) is 6.10 Å². The Bertz CT molecular complexity index is 943. The average Bonchev–Trinajstić information content (AvgIpc) is 3.25. The van der Waals surface area contributed by atoms with Crippen molar-refractivity contribution in [3.05, 3.63) is 81.5 Å². The fourth-order valence-corrected chi connectivity index (χ4v) is 3.81. The van der Waals surface area contributed by atoms with Crippen molar-refractivity contribution < 1.29 is 19.4 Å². The van der Waals surface area contributed by atoms with Crippen LogP contribution in [0.1, 0.15) is 27.0 Å². The van der Waals surface area contributed by atoms with Crippen LogP contribution >= 0.6 is 11.3 Å². The van der Waals surface area contributed by atoms with Gasteiger partial charge in [0.15, 0.2) is 11.5 Å². The number of benzene rings is 2.